The van der Waals surface area contributed by atoms with Gasteiger partial charge in [0.25, 0.3) is 0 Å². The Morgan fingerprint density at radius 3 is 2.17 bits per heavy atom. The molecule has 0 amide bonds. The van der Waals surface area contributed by atoms with Crippen LogP contribution in [-0.2, 0) is 19.4 Å². The Labute approximate surface area is 142 Å². The third-order valence-corrected chi connectivity index (χ3v) is 6.77. The third-order valence-electron chi connectivity index (χ3n) is 2.95. The Hall–Kier alpha value is -1.88. The van der Waals surface area contributed by atoms with Crippen LogP contribution in [0.4, 0.5) is 0 Å². The van der Waals surface area contributed by atoms with Crippen LogP contribution in [0.15, 0.2) is 76.1 Å². The second-order valence-electron chi connectivity index (χ2n) is 4.57. The molecular weight excluding hydrogens is 379 g/mol. The molecular formula is C17H16O4SSe. The SMILES string of the molecule is COC(=O)/C(=C\CS(=O)(=O)c1ccccc1)[Se]c1ccccc1. The molecule has 120 valence electrons. The van der Waals surface area contributed by atoms with Crippen molar-refractivity contribution in [3.05, 3.63) is 71.2 Å². The van der Waals surface area contributed by atoms with E-state index in [1.54, 1.807) is 30.3 Å². The summed E-state index contributed by atoms with van der Waals surface area (Å²) in [5, 5.41) is 0. The molecule has 0 aromatic heterocycles. The molecule has 0 atom stereocenters. The van der Waals surface area contributed by atoms with Crippen molar-refractivity contribution >= 4 is 35.2 Å². The van der Waals surface area contributed by atoms with Crippen molar-refractivity contribution in [2.24, 2.45) is 0 Å². The summed E-state index contributed by atoms with van der Waals surface area (Å²) in [6.07, 6.45) is 1.46. The molecule has 23 heavy (non-hydrogen) atoms. The molecule has 0 radical (unpaired) electrons. The van der Waals surface area contributed by atoms with Crippen LogP contribution in [0.2, 0.25) is 0 Å². The maximum atomic E-state index is 12.3. The van der Waals surface area contributed by atoms with Crippen LogP contribution in [0.25, 0.3) is 0 Å². The number of hydrogen-bond donors (Lipinski definition) is 0. The summed E-state index contributed by atoms with van der Waals surface area (Å²) in [6, 6.07) is 17.7. The molecule has 0 aliphatic rings. The molecule has 0 fully saturated rings. The van der Waals surface area contributed by atoms with Crippen molar-refractivity contribution in [2.75, 3.05) is 12.9 Å². The first-order chi connectivity index (χ1) is 11.0. The molecule has 0 unspecified atom stereocenters. The summed E-state index contributed by atoms with van der Waals surface area (Å²) < 4.78 is 30.8. The monoisotopic (exact) mass is 396 g/mol. The van der Waals surface area contributed by atoms with E-state index in [-0.39, 0.29) is 25.6 Å². The molecule has 2 rings (SSSR count). The normalized spacial score (nSPS) is 12.0. The van der Waals surface area contributed by atoms with E-state index in [1.807, 2.05) is 30.3 Å². The fourth-order valence-electron chi connectivity index (χ4n) is 1.79. The summed E-state index contributed by atoms with van der Waals surface area (Å²) in [5.74, 6) is -0.715. The van der Waals surface area contributed by atoms with E-state index in [4.69, 9.17) is 4.74 Å². The van der Waals surface area contributed by atoms with Gasteiger partial charge in [0.2, 0.25) is 0 Å². The molecule has 0 saturated carbocycles. The molecule has 0 bridgehead atoms. The van der Waals surface area contributed by atoms with Gasteiger partial charge < -0.3 is 0 Å². The topological polar surface area (TPSA) is 60.4 Å². The van der Waals surface area contributed by atoms with E-state index in [1.165, 1.54) is 13.2 Å². The van der Waals surface area contributed by atoms with Gasteiger partial charge >= 0.3 is 142 Å². The Bertz CT molecular complexity index is 784. The predicted octanol–water partition coefficient (Wildman–Crippen LogP) is 1.55. The fourth-order valence-corrected chi connectivity index (χ4v) is 5.03. The second-order valence-corrected chi connectivity index (χ2v) is 8.94. The summed E-state index contributed by atoms with van der Waals surface area (Å²) in [7, 11) is -2.17. The van der Waals surface area contributed by atoms with Gasteiger partial charge in [0.05, 0.1) is 0 Å². The van der Waals surface area contributed by atoms with Crippen molar-refractivity contribution in [1.29, 1.82) is 0 Å². The van der Waals surface area contributed by atoms with Crippen LogP contribution >= 0.6 is 0 Å². The number of esters is 1. The Morgan fingerprint density at radius 1 is 1.04 bits per heavy atom. The Kier molecular flexibility index (Phi) is 6.16. The van der Waals surface area contributed by atoms with Crippen molar-refractivity contribution in [3.63, 3.8) is 0 Å². The van der Waals surface area contributed by atoms with Gasteiger partial charge in [-0.3, -0.25) is 0 Å². The number of ether oxygens (including phenoxy) is 1. The molecule has 0 spiro atoms. The van der Waals surface area contributed by atoms with E-state index in [2.05, 4.69) is 0 Å². The zero-order valence-electron chi connectivity index (χ0n) is 12.5. The average Bonchev–Trinajstić information content (AvgIpc) is 2.59. The number of rotatable bonds is 6. The van der Waals surface area contributed by atoms with Crippen molar-refractivity contribution in [2.45, 2.75) is 4.90 Å². The van der Waals surface area contributed by atoms with Gasteiger partial charge in [0.1, 0.15) is 0 Å². The molecule has 0 aliphatic carbocycles. The summed E-state index contributed by atoms with van der Waals surface area (Å²) in [6.45, 7) is 0. The summed E-state index contributed by atoms with van der Waals surface area (Å²) in [4.78, 5) is 12.1. The number of hydrogen-bond acceptors (Lipinski definition) is 4. The summed E-state index contributed by atoms with van der Waals surface area (Å²) in [5.41, 5.74) is 0. The zero-order valence-corrected chi connectivity index (χ0v) is 15.0. The Balaban J connectivity index is 2.22. The number of carbonyl (C=O) groups excluding carboxylic acids is 1. The van der Waals surface area contributed by atoms with Gasteiger partial charge in [-0.1, -0.05) is 0 Å². The van der Waals surface area contributed by atoms with Crippen molar-refractivity contribution in [1.82, 2.24) is 0 Å². The van der Waals surface area contributed by atoms with Crippen LogP contribution in [0.3, 0.4) is 0 Å². The standard InChI is InChI=1S/C17H16O4SSe/c1-21-17(18)16(23-15-10-6-3-7-11-15)12-13-22(19,20)14-8-4-2-5-9-14/h2-12H,13H2,1H3/b16-12+. The number of sulfone groups is 1. The fraction of sp³-hybridized carbons (Fsp3) is 0.118. The van der Waals surface area contributed by atoms with Crippen molar-refractivity contribution in [3.8, 4) is 0 Å². The number of methoxy groups -OCH3 is 1. The van der Waals surface area contributed by atoms with Crippen molar-refractivity contribution < 1.29 is 17.9 Å². The number of benzene rings is 2. The van der Waals surface area contributed by atoms with E-state index >= 15 is 0 Å². The van der Waals surface area contributed by atoms with Gasteiger partial charge in [0.15, 0.2) is 0 Å². The van der Waals surface area contributed by atoms with E-state index in [0.29, 0.717) is 4.47 Å². The molecule has 0 saturated heterocycles. The van der Waals surface area contributed by atoms with Crippen LogP contribution < -0.4 is 4.46 Å². The van der Waals surface area contributed by atoms with E-state index in [9.17, 15) is 13.2 Å². The second kappa shape index (κ2) is 8.11. The molecule has 0 heterocycles. The molecule has 4 nitrogen and oxygen atoms in total. The number of carbonyl (C=O) groups is 1. The quantitative estimate of drug-likeness (QED) is 0.423. The minimum absolute atomic E-state index is 0.226. The first-order valence-electron chi connectivity index (χ1n) is 6.82. The maximum absolute atomic E-state index is 12.3. The zero-order chi connectivity index (χ0) is 16.7. The third kappa shape index (κ3) is 5.06. The molecule has 6 heteroatoms. The first kappa shape index (κ1) is 17.5. The predicted molar refractivity (Wildman–Crippen MR) is 90.4 cm³/mol. The van der Waals surface area contributed by atoms with Gasteiger partial charge in [-0.2, -0.15) is 0 Å². The molecule has 2 aromatic carbocycles. The van der Waals surface area contributed by atoms with Crippen LogP contribution in [-0.4, -0.2) is 42.2 Å². The van der Waals surface area contributed by atoms with E-state index in [0.717, 1.165) is 4.46 Å². The minimum atomic E-state index is -3.46. The van der Waals surface area contributed by atoms with Crippen LogP contribution in [0, 0.1) is 0 Å². The Morgan fingerprint density at radius 2 is 1.61 bits per heavy atom. The van der Waals surface area contributed by atoms with E-state index < -0.39 is 15.8 Å². The molecule has 0 N–H and O–H groups in total. The molecule has 0 aliphatic heterocycles. The summed E-state index contributed by atoms with van der Waals surface area (Å²) >= 11 is -0.305. The van der Waals surface area contributed by atoms with Gasteiger partial charge in [0, 0.05) is 0 Å². The molecule has 2 aromatic rings. The van der Waals surface area contributed by atoms with Crippen LogP contribution in [0.1, 0.15) is 0 Å². The average molecular weight is 395 g/mol. The van der Waals surface area contributed by atoms with Gasteiger partial charge in [-0.25, -0.2) is 0 Å². The van der Waals surface area contributed by atoms with Crippen LogP contribution in [0.5, 0.6) is 0 Å². The van der Waals surface area contributed by atoms with Gasteiger partial charge in [-0.05, 0) is 0 Å². The van der Waals surface area contributed by atoms with Gasteiger partial charge in [-0.15, -0.1) is 0 Å². The first-order valence-corrected chi connectivity index (χ1v) is 10.2.